The third kappa shape index (κ3) is 4.98. The Balaban J connectivity index is 2.93. The molecule has 1 aromatic carbocycles. The Morgan fingerprint density at radius 1 is 1.36 bits per heavy atom. The Kier molecular flexibility index (Phi) is 5.84. The second-order valence-electron chi connectivity index (χ2n) is 4.72. The van der Waals surface area contributed by atoms with E-state index in [1.807, 2.05) is 0 Å². The molecule has 122 valence electrons. The van der Waals surface area contributed by atoms with Crippen molar-refractivity contribution >= 4 is 11.8 Å². The van der Waals surface area contributed by atoms with Crippen LogP contribution in [-0.4, -0.2) is 19.3 Å². The quantitative estimate of drug-likeness (QED) is 0.806. The molecule has 1 rings (SSSR count). The maximum Gasteiger partial charge on any atom is 0.416 e. The molecule has 0 aliphatic carbocycles. The average molecular weight is 317 g/mol. The van der Waals surface area contributed by atoms with Crippen molar-refractivity contribution in [1.29, 1.82) is 0 Å². The van der Waals surface area contributed by atoms with Gasteiger partial charge in [0.2, 0.25) is 0 Å². The van der Waals surface area contributed by atoms with Gasteiger partial charge < -0.3 is 9.47 Å². The molecule has 0 spiro atoms. The predicted octanol–water partition coefficient (Wildman–Crippen LogP) is 4.62. The van der Waals surface area contributed by atoms with E-state index in [1.165, 1.54) is 13.2 Å². The standard InChI is InChI=1S/C15H18F3NO3/c1-5-13(9(2)3)22-14(20)19-11-6-10(15(16,17)18)7-12(8-11)21-4/h6-8,13H,2,5H2,1,3-4H3,(H,19,20). The summed E-state index contributed by atoms with van der Waals surface area (Å²) in [6.45, 7) is 7.20. The summed E-state index contributed by atoms with van der Waals surface area (Å²) >= 11 is 0. The van der Waals surface area contributed by atoms with E-state index in [0.29, 0.717) is 12.0 Å². The fraction of sp³-hybridized carbons (Fsp3) is 0.400. The van der Waals surface area contributed by atoms with Crippen molar-refractivity contribution in [2.45, 2.75) is 32.5 Å². The Bertz CT molecular complexity index is 555. The van der Waals surface area contributed by atoms with Gasteiger partial charge >= 0.3 is 12.3 Å². The SMILES string of the molecule is C=C(C)C(CC)OC(=O)Nc1cc(OC)cc(C(F)(F)F)c1. The van der Waals surface area contributed by atoms with Crippen molar-refractivity contribution in [2.24, 2.45) is 0 Å². The Morgan fingerprint density at radius 2 is 2.00 bits per heavy atom. The minimum Gasteiger partial charge on any atom is -0.497 e. The third-order valence-corrected chi connectivity index (χ3v) is 2.89. The molecule has 1 amide bonds. The molecule has 0 saturated heterocycles. The molecule has 0 radical (unpaired) electrons. The Hall–Kier alpha value is -2.18. The van der Waals surface area contributed by atoms with Gasteiger partial charge in [0, 0.05) is 11.8 Å². The molecule has 7 heteroatoms. The highest BCUT2D eigenvalue weighted by Crippen LogP contribution is 2.34. The van der Waals surface area contributed by atoms with Crippen LogP contribution in [0.2, 0.25) is 0 Å². The molecule has 0 aliphatic heterocycles. The first-order valence-corrected chi connectivity index (χ1v) is 6.56. The second kappa shape index (κ2) is 7.20. The fourth-order valence-corrected chi connectivity index (χ4v) is 1.76. The van der Waals surface area contributed by atoms with Crippen LogP contribution in [0.1, 0.15) is 25.8 Å². The largest absolute Gasteiger partial charge is 0.497 e. The molecule has 1 N–H and O–H groups in total. The van der Waals surface area contributed by atoms with Crippen molar-refractivity contribution < 1.29 is 27.4 Å². The molecule has 0 bridgehead atoms. The number of ether oxygens (including phenoxy) is 2. The number of nitrogens with one attached hydrogen (secondary N) is 1. The summed E-state index contributed by atoms with van der Waals surface area (Å²) in [7, 11) is 1.24. The lowest BCUT2D eigenvalue weighted by atomic mass is 10.1. The summed E-state index contributed by atoms with van der Waals surface area (Å²) in [5, 5.41) is 2.27. The maximum atomic E-state index is 12.8. The number of anilines is 1. The van der Waals surface area contributed by atoms with Gasteiger partial charge in [0.25, 0.3) is 0 Å². The topological polar surface area (TPSA) is 47.6 Å². The number of methoxy groups -OCH3 is 1. The molecule has 0 heterocycles. The molecular formula is C15H18F3NO3. The maximum absolute atomic E-state index is 12.8. The van der Waals surface area contributed by atoms with Gasteiger partial charge in [-0.25, -0.2) is 4.79 Å². The Labute approximate surface area is 126 Å². The van der Waals surface area contributed by atoms with E-state index in [-0.39, 0.29) is 11.4 Å². The summed E-state index contributed by atoms with van der Waals surface area (Å²) in [6, 6.07) is 2.93. The molecule has 1 aromatic rings. The highest BCUT2D eigenvalue weighted by molar-refractivity contribution is 5.85. The van der Waals surface area contributed by atoms with Crippen LogP contribution in [0.3, 0.4) is 0 Å². The first-order valence-electron chi connectivity index (χ1n) is 6.56. The minimum atomic E-state index is -4.54. The van der Waals surface area contributed by atoms with Crippen molar-refractivity contribution in [3.8, 4) is 5.75 Å². The van der Waals surface area contributed by atoms with E-state index in [4.69, 9.17) is 9.47 Å². The van der Waals surface area contributed by atoms with Gasteiger partial charge in [0.1, 0.15) is 11.9 Å². The van der Waals surface area contributed by atoms with Crippen molar-refractivity contribution in [1.82, 2.24) is 0 Å². The number of alkyl halides is 3. The van der Waals surface area contributed by atoms with Crippen LogP contribution in [-0.2, 0) is 10.9 Å². The first-order chi connectivity index (χ1) is 10.2. The van der Waals surface area contributed by atoms with Gasteiger partial charge in [-0.1, -0.05) is 13.5 Å². The van der Waals surface area contributed by atoms with E-state index < -0.39 is 23.9 Å². The van der Waals surface area contributed by atoms with Gasteiger partial charge in [0.15, 0.2) is 0 Å². The summed E-state index contributed by atoms with van der Waals surface area (Å²) in [5.41, 5.74) is -0.332. The highest BCUT2D eigenvalue weighted by atomic mass is 19.4. The van der Waals surface area contributed by atoms with Crippen LogP contribution < -0.4 is 10.1 Å². The van der Waals surface area contributed by atoms with E-state index in [1.54, 1.807) is 13.8 Å². The van der Waals surface area contributed by atoms with Gasteiger partial charge in [-0.3, -0.25) is 5.32 Å². The highest BCUT2D eigenvalue weighted by Gasteiger charge is 2.31. The van der Waals surface area contributed by atoms with Crippen LogP contribution in [0.15, 0.2) is 30.4 Å². The van der Waals surface area contributed by atoms with E-state index >= 15 is 0 Å². The predicted molar refractivity (Wildman–Crippen MR) is 77.0 cm³/mol. The molecular weight excluding hydrogens is 299 g/mol. The molecule has 1 atom stereocenters. The van der Waals surface area contributed by atoms with Gasteiger partial charge in [-0.05, 0) is 31.1 Å². The van der Waals surface area contributed by atoms with Crippen molar-refractivity contribution in [3.05, 3.63) is 35.9 Å². The number of carbonyl (C=O) groups is 1. The van der Waals surface area contributed by atoms with Crippen LogP contribution in [0.5, 0.6) is 5.75 Å². The lowest BCUT2D eigenvalue weighted by Gasteiger charge is -2.17. The molecule has 1 unspecified atom stereocenters. The monoisotopic (exact) mass is 317 g/mol. The second-order valence-corrected chi connectivity index (χ2v) is 4.72. The normalized spacial score (nSPS) is 12.5. The summed E-state index contributed by atoms with van der Waals surface area (Å²) in [4.78, 5) is 11.8. The van der Waals surface area contributed by atoms with Gasteiger partial charge in [-0.2, -0.15) is 13.2 Å². The minimum absolute atomic E-state index is 0.0166. The van der Waals surface area contributed by atoms with Gasteiger partial charge in [-0.15, -0.1) is 0 Å². The zero-order valence-electron chi connectivity index (χ0n) is 12.6. The lowest BCUT2D eigenvalue weighted by molar-refractivity contribution is -0.137. The number of carbonyl (C=O) groups excluding carboxylic acids is 1. The zero-order valence-corrected chi connectivity index (χ0v) is 12.6. The summed E-state index contributed by atoms with van der Waals surface area (Å²) in [6.07, 6.45) is -5.36. The number of rotatable bonds is 5. The summed E-state index contributed by atoms with van der Waals surface area (Å²) in [5.74, 6) is -0.0166. The first kappa shape index (κ1) is 17.9. The van der Waals surface area contributed by atoms with E-state index in [2.05, 4.69) is 11.9 Å². The molecule has 22 heavy (non-hydrogen) atoms. The molecule has 0 fully saturated rings. The van der Waals surface area contributed by atoms with E-state index in [9.17, 15) is 18.0 Å². The smallest absolute Gasteiger partial charge is 0.416 e. The summed E-state index contributed by atoms with van der Waals surface area (Å²) < 4.78 is 48.2. The van der Waals surface area contributed by atoms with Crippen LogP contribution >= 0.6 is 0 Å². The Morgan fingerprint density at radius 3 is 2.45 bits per heavy atom. The average Bonchev–Trinajstić information content (AvgIpc) is 2.43. The zero-order chi connectivity index (χ0) is 16.9. The van der Waals surface area contributed by atoms with Gasteiger partial charge in [0.05, 0.1) is 12.7 Å². The van der Waals surface area contributed by atoms with Crippen molar-refractivity contribution in [2.75, 3.05) is 12.4 Å². The van der Waals surface area contributed by atoms with Crippen LogP contribution in [0, 0.1) is 0 Å². The van der Waals surface area contributed by atoms with Crippen LogP contribution in [0.25, 0.3) is 0 Å². The number of halogens is 3. The number of hydrogen-bond donors (Lipinski definition) is 1. The molecule has 0 aromatic heterocycles. The number of hydrogen-bond acceptors (Lipinski definition) is 3. The van der Waals surface area contributed by atoms with E-state index in [0.717, 1.165) is 12.1 Å². The number of amides is 1. The molecule has 0 saturated carbocycles. The molecule has 0 aliphatic rings. The number of benzene rings is 1. The van der Waals surface area contributed by atoms with Crippen molar-refractivity contribution in [3.63, 3.8) is 0 Å². The third-order valence-electron chi connectivity index (χ3n) is 2.89. The van der Waals surface area contributed by atoms with Crippen LogP contribution in [0.4, 0.5) is 23.7 Å². The lowest BCUT2D eigenvalue weighted by Crippen LogP contribution is -2.22. The molecule has 4 nitrogen and oxygen atoms in total. The fourth-order valence-electron chi connectivity index (χ4n) is 1.76.